The van der Waals surface area contributed by atoms with Gasteiger partial charge in [-0.3, -0.25) is 9.59 Å². The number of fused-ring (bicyclic) bond motifs is 2. The molecule has 1 saturated heterocycles. The Kier molecular flexibility index (Phi) is 5.11. The smallest absolute Gasteiger partial charge is 0.418 e. The van der Waals surface area contributed by atoms with E-state index in [1.54, 1.807) is 35.2 Å². The van der Waals surface area contributed by atoms with Crippen molar-refractivity contribution in [3.63, 3.8) is 0 Å². The lowest BCUT2D eigenvalue weighted by Gasteiger charge is -2.30. The molecular weight excluding hydrogens is 425 g/mol. The third-order valence-corrected chi connectivity index (χ3v) is 7.06. The summed E-state index contributed by atoms with van der Waals surface area (Å²) in [7, 11) is 0. The highest BCUT2D eigenvalue weighted by molar-refractivity contribution is 6.06. The van der Waals surface area contributed by atoms with Crippen molar-refractivity contribution >= 4 is 23.6 Å². The highest BCUT2D eigenvalue weighted by Crippen LogP contribution is 2.46. The summed E-state index contributed by atoms with van der Waals surface area (Å²) in [5.41, 5.74) is 7.36. The summed E-state index contributed by atoms with van der Waals surface area (Å²) in [4.78, 5) is 42.1. The van der Waals surface area contributed by atoms with Crippen LogP contribution >= 0.6 is 0 Å². The first-order chi connectivity index (χ1) is 15.8. The van der Waals surface area contributed by atoms with E-state index in [1.165, 1.54) is 12.1 Å². The van der Waals surface area contributed by atoms with Gasteiger partial charge >= 0.3 is 6.09 Å². The molecule has 1 heterocycles. The van der Waals surface area contributed by atoms with E-state index in [9.17, 15) is 18.8 Å². The van der Waals surface area contributed by atoms with E-state index in [0.29, 0.717) is 30.0 Å². The zero-order valence-electron chi connectivity index (χ0n) is 18.4. The van der Waals surface area contributed by atoms with Crippen LogP contribution in [0.1, 0.15) is 42.9 Å². The molecule has 2 N–H and O–H groups in total. The first-order valence-electron chi connectivity index (χ1n) is 11.3. The molecule has 1 aliphatic heterocycles. The molecule has 172 valence electrons. The number of nitrogens with zero attached hydrogens (tertiary/aromatic N) is 2. The van der Waals surface area contributed by atoms with Crippen molar-refractivity contribution in [3.8, 4) is 0 Å². The van der Waals surface area contributed by atoms with Gasteiger partial charge in [0.25, 0.3) is 5.91 Å². The van der Waals surface area contributed by atoms with Gasteiger partial charge in [-0.1, -0.05) is 18.2 Å². The third-order valence-electron chi connectivity index (χ3n) is 7.06. The molecule has 8 heteroatoms. The van der Waals surface area contributed by atoms with Crippen LogP contribution in [0, 0.1) is 11.7 Å². The van der Waals surface area contributed by atoms with Crippen molar-refractivity contribution < 1.29 is 23.5 Å². The molecule has 1 spiro atoms. The third kappa shape index (κ3) is 3.73. The Morgan fingerprint density at radius 3 is 2.67 bits per heavy atom. The molecule has 2 atom stereocenters. The Morgan fingerprint density at radius 1 is 1.24 bits per heavy atom. The number of hydrogen-bond acceptors (Lipinski definition) is 5. The minimum Gasteiger partial charge on any atom is -0.427 e. The molecule has 33 heavy (non-hydrogen) atoms. The van der Waals surface area contributed by atoms with Crippen LogP contribution in [0.25, 0.3) is 0 Å². The lowest BCUT2D eigenvalue weighted by atomic mass is 9.94. The van der Waals surface area contributed by atoms with Crippen molar-refractivity contribution in [2.75, 3.05) is 12.3 Å². The summed E-state index contributed by atoms with van der Waals surface area (Å²) < 4.78 is 18.9. The molecule has 0 bridgehead atoms. The summed E-state index contributed by atoms with van der Waals surface area (Å²) in [6, 6.07) is 11.1. The van der Waals surface area contributed by atoms with Crippen molar-refractivity contribution in [1.82, 2.24) is 9.80 Å². The summed E-state index contributed by atoms with van der Waals surface area (Å²) in [5, 5.41) is 0. The Labute approximate surface area is 191 Å². The van der Waals surface area contributed by atoms with Crippen LogP contribution in [-0.4, -0.2) is 40.3 Å². The van der Waals surface area contributed by atoms with Crippen LogP contribution in [0.3, 0.4) is 0 Å². The minimum absolute atomic E-state index is 0.0552. The van der Waals surface area contributed by atoms with E-state index in [1.807, 2.05) is 6.92 Å². The second-order valence-corrected chi connectivity index (χ2v) is 9.23. The number of ether oxygens (including phenoxy) is 1. The van der Waals surface area contributed by atoms with Crippen LogP contribution in [0.5, 0.6) is 0 Å². The van der Waals surface area contributed by atoms with Gasteiger partial charge in [0.15, 0.2) is 0 Å². The molecule has 2 aliphatic carbocycles. The number of aryl methyl sites for hydroxylation is 1. The van der Waals surface area contributed by atoms with Gasteiger partial charge in [0, 0.05) is 30.3 Å². The molecule has 0 radical (unpaired) electrons. The van der Waals surface area contributed by atoms with Crippen LogP contribution < -0.4 is 5.73 Å². The molecule has 1 saturated carbocycles. The predicted molar refractivity (Wildman–Crippen MR) is 118 cm³/mol. The SMILES string of the molecule is C[C@H](C1CC1)N(Cc1ccc(F)cc1)C(=O)CN1C(=O)O[C@@]2(CCc3cc(N)ccc32)C1=O. The van der Waals surface area contributed by atoms with Gasteiger partial charge in [0.05, 0.1) is 0 Å². The second kappa shape index (κ2) is 7.86. The largest absolute Gasteiger partial charge is 0.427 e. The highest BCUT2D eigenvalue weighted by atomic mass is 19.1. The van der Waals surface area contributed by atoms with Crippen LogP contribution in [0.4, 0.5) is 14.9 Å². The fourth-order valence-corrected chi connectivity index (χ4v) is 4.98. The Balaban J connectivity index is 1.37. The van der Waals surface area contributed by atoms with Crippen LogP contribution in [0.2, 0.25) is 0 Å². The van der Waals surface area contributed by atoms with Gasteiger partial charge in [-0.05, 0) is 67.5 Å². The number of carbonyl (C=O) groups excluding carboxylic acids is 3. The standard InChI is InChI=1S/C25H26FN3O4/c1-15(17-4-5-17)28(13-16-2-6-19(26)7-3-16)22(30)14-29-23(31)25(33-24(29)32)11-10-18-12-20(27)8-9-21(18)25/h2-3,6-9,12,15,17H,4-5,10-11,13-14,27H2,1H3/t15-,25-/m1/s1. The number of amides is 3. The average molecular weight is 451 g/mol. The van der Waals surface area contributed by atoms with Crippen molar-refractivity contribution in [1.29, 1.82) is 0 Å². The maximum atomic E-state index is 13.4. The summed E-state index contributed by atoms with van der Waals surface area (Å²) >= 11 is 0. The Bertz CT molecular complexity index is 1130. The van der Waals surface area contributed by atoms with Gasteiger partial charge in [-0.25, -0.2) is 14.1 Å². The van der Waals surface area contributed by atoms with Crippen LogP contribution in [0.15, 0.2) is 42.5 Å². The number of rotatable bonds is 6. The van der Waals surface area contributed by atoms with E-state index in [4.69, 9.17) is 10.5 Å². The zero-order valence-corrected chi connectivity index (χ0v) is 18.4. The van der Waals surface area contributed by atoms with Gasteiger partial charge in [-0.2, -0.15) is 0 Å². The quantitative estimate of drug-likeness (QED) is 0.680. The number of anilines is 1. The Hall–Kier alpha value is -3.42. The van der Waals surface area contributed by atoms with Gasteiger partial charge in [0.1, 0.15) is 12.4 Å². The number of carbonyl (C=O) groups is 3. The fourth-order valence-electron chi connectivity index (χ4n) is 4.98. The maximum absolute atomic E-state index is 13.4. The van der Waals surface area contributed by atoms with E-state index >= 15 is 0 Å². The normalized spacial score (nSPS) is 22.4. The molecular formula is C25H26FN3O4. The number of nitrogen functional groups attached to an aromatic ring is 1. The summed E-state index contributed by atoms with van der Waals surface area (Å²) in [6.07, 6.45) is 2.15. The Morgan fingerprint density at radius 2 is 1.97 bits per heavy atom. The minimum atomic E-state index is -1.38. The first-order valence-corrected chi connectivity index (χ1v) is 11.3. The van der Waals surface area contributed by atoms with Crippen molar-refractivity contribution in [3.05, 3.63) is 65.0 Å². The van der Waals surface area contributed by atoms with E-state index in [0.717, 1.165) is 28.9 Å². The molecule has 0 aromatic heterocycles. The molecule has 2 aromatic carbocycles. The summed E-state index contributed by atoms with van der Waals surface area (Å²) in [6.45, 7) is 1.87. The lowest BCUT2D eigenvalue weighted by molar-refractivity contribution is -0.143. The van der Waals surface area contributed by atoms with Gasteiger partial charge < -0.3 is 15.4 Å². The van der Waals surface area contributed by atoms with E-state index in [-0.39, 0.29) is 30.9 Å². The average Bonchev–Trinajstić information content (AvgIpc) is 3.54. The zero-order chi connectivity index (χ0) is 23.3. The molecule has 0 unspecified atom stereocenters. The fraction of sp³-hybridized carbons (Fsp3) is 0.400. The lowest BCUT2D eigenvalue weighted by Crippen LogP contribution is -2.47. The highest BCUT2D eigenvalue weighted by Gasteiger charge is 2.58. The topological polar surface area (TPSA) is 92.9 Å². The molecule has 5 rings (SSSR count). The molecule has 2 fully saturated rings. The van der Waals surface area contributed by atoms with Crippen LogP contribution in [-0.2, 0) is 32.9 Å². The maximum Gasteiger partial charge on any atom is 0.418 e. The van der Waals surface area contributed by atoms with Gasteiger partial charge in [-0.15, -0.1) is 0 Å². The van der Waals surface area contributed by atoms with Crippen molar-refractivity contribution in [2.24, 2.45) is 5.92 Å². The van der Waals surface area contributed by atoms with E-state index in [2.05, 4.69) is 0 Å². The monoisotopic (exact) mass is 451 g/mol. The summed E-state index contributed by atoms with van der Waals surface area (Å²) in [5.74, 6) is -0.808. The van der Waals surface area contributed by atoms with E-state index < -0.39 is 17.6 Å². The number of benzene rings is 2. The number of halogens is 1. The number of hydrogen-bond donors (Lipinski definition) is 1. The van der Waals surface area contributed by atoms with Gasteiger partial charge in [0.2, 0.25) is 11.5 Å². The second-order valence-electron chi connectivity index (χ2n) is 9.23. The molecule has 3 aliphatic rings. The molecule has 3 amide bonds. The number of imide groups is 1. The molecule has 2 aromatic rings. The number of nitrogens with two attached hydrogens (primary N) is 1. The first kappa shape index (κ1) is 21.4. The molecule has 7 nitrogen and oxygen atoms in total. The van der Waals surface area contributed by atoms with Crippen molar-refractivity contribution in [2.45, 2.75) is 50.8 Å². The predicted octanol–water partition coefficient (Wildman–Crippen LogP) is 3.36.